The van der Waals surface area contributed by atoms with Crippen LogP contribution in [0.2, 0.25) is 0 Å². The van der Waals surface area contributed by atoms with Gasteiger partial charge in [-0.15, -0.1) is 0 Å². The summed E-state index contributed by atoms with van der Waals surface area (Å²) in [6, 6.07) is 5.85. The maximum absolute atomic E-state index is 12.8. The Labute approximate surface area is 95.5 Å². The van der Waals surface area contributed by atoms with Gasteiger partial charge >= 0.3 is 6.61 Å². The van der Waals surface area contributed by atoms with Gasteiger partial charge in [-0.2, -0.15) is 13.2 Å². The van der Waals surface area contributed by atoms with E-state index in [1.54, 1.807) is 18.3 Å². The minimum atomic E-state index is -2.88. The SMILES string of the molecule is Fc1cc(Cn2cccc2OC(F)F)ccn1. The van der Waals surface area contributed by atoms with Gasteiger partial charge in [-0.1, -0.05) is 0 Å². The van der Waals surface area contributed by atoms with Crippen molar-refractivity contribution in [1.82, 2.24) is 9.55 Å². The summed E-state index contributed by atoms with van der Waals surface area (Å²) in [6.45, 7) is -2.63. The Hall–Kier alpha value is -1.98. The lowest BCUT2D eigenvalue weighted by atomic mass is 10.2. The van der Waals surface area contributed by atoms with Crippen LogP contribution < -0.4 is 4.74 Å². The fourth-order valence-electron chi connectivity index (χ4n) is 1.46. The largest absolute Gasteiger partial charge is 0.419 e. The molecule has 2 rings (SSSR count). The van der Waals surface area contributed by atoms with Crippen LogP contribution >= 0.6 is 0 Å². The summed E-state index contributed by atoms with van der Waals surface area (Å²) in [5.41, 5.74) is 0.618. The summed E-state index contributed by atoms with van der Waals surface area (Å²) in [5, 5.41) is 0. The summed E-state index contributed by atoms with van der Waals surface area (Å²) in [5.74, 6) is -0.566. The van der Waals surface area contributed by atoms with Crippen molar-refractivity contribution in [2.24, 2.45) is 0 Å². The number of ether oxygens (including phenoxy) is 1. The molecule has 90 valence electrons. The van der Waals surface area contributed by atoms with E-state index in [9.17, 15) is 13.2 Å². The van der Waals surface area contributed by atoms with Crippen molar-refractivity contribution < 1.29 is 17.9 Å². The summed E-state index contributed by atoms with van der Waals surface area (Å²) in [4.78, 5) is 3.41. The molecule has 0 radical (unpaired) electrons. The third-order valence-electron chi connectivity index (χ3n) is 2.14. The van der Waals surface area contributed by atoms with Crippen LogP contribution in [0, 0.1) is 5.95 Å². The first kappa shape index (κ1) is 11.5. The molecule has 0 aromatic carbocycles. The maximum atomic E-state index is 12.8. The summed E-state index contributed by atoms with van der Waals surface area (Å²) >= 11 is 0. The number of hydrogen-bond donors (Lipinski definition) is 0. The lowest BCUT2D eigenvalue weighted by Gasteiger charge is -2.09. The number of aromatic nitrogens is 2. The zero-order valence-electron chi connectivity index (χ0n) is 8.69. The average Bonchev–Trinajstić information content (AvgIpc) is 2.65. The fraction of sp³-hybridized carbons (Fsp3) is 0.182. The third kappa shape index (κ3) is 2.99. The van der Waals surface area contributed by atoms with Gasteiger partial charge in [-0.3, -0.25) is 0 Å². The normalized spacial score (nSPS) is 10.8. The minimum Gasteiger partial charge on any atom is -0.419 e. The molecule has 2 heterocycles. The molecule has 2 aromatic rings. The number of hydrogen-bond acceptors (Lipinski definition) is 2. The summed E-state index contributed by atoms with van der Waals surface area (Å²) in [6.07, 6.45) is 2.90. The average molecular weight is 242 g/mol. The fourth-order valence-corrected chi connectivity index (χ4v) is 1.46. The predicted octanol–water partition coefficient (Wildman–Crippen LogP) is 2.67. The lowest BCUT2D eigenvalue weighted by Crippen LogP contribution is -2.08. The smallest absolute Gasteiger partial charge is 0.388 e. The second-order valence-corrected chi connectivity index (χ2v) is 3.34. The maximum Gasteiger partial charge on any atom is 0.388 e. The number of nitrogens with zero attached hydrogens (tertiary/aromatic N) is 2. The molecule has 17 heavy (non-hydrogen) atoms. The van der Waals surface area contributed by atoms with E-state index in [1.807, 2.05) is 0 Å². The van der Waals surface area contributed by atoms with Crippen LogP contribution in [0.1, 0.15) is 5.56 Å². The molecule has 0 bridgehead atoms. The third-order valence-corrected chi connectivity index (χ3v) is 2.14. The van der Waals surface area contributed by atoms with Crippen LogP contribution in [-0.2, 0) is 6.54 Å². The Bertz CT molecular complexity index is 499. The molecule has 0 amide bonds. The highest BCUT2D eigenvalue weighted by molar-refractivity contribution is 5.18. The molecule has 2 aromatic heterocycles. The van der Waals surface area contributed by atoms with Gasteiger partial charge < -0.3 is 9.30 Å². The highest BCUT2D eigenvalue weighted by atomic mass is 19.3. The van der Waals surface area contributed by atoms with Crippen molar-refractivity contribution in [1.29, 1.82) is 0 Å². The van der Waals surface area contributed by atoms with Gasteiger partial charge in [0.05, 0.1) is 6.54 Å². The van der Waals surface area contributed by atoms with Gasteiger partial charge in [0, 0.05) is 18.5 Å². The van der Waals surface area contributed by atoms with Crippen LogP contribution in [0.5, 0.6) is 5.88 Å². The van der Waals surface area contributed by atoms with Gasteiger partial charge in [-0.25, -0.2) is 4.98 Å². The molecule has 0 spiro atoms. The van der Waals surface area contributed by atoms with E-state index in [0.717, 1.165) is 0 Å². The van der Waals surface area contributed by atoms with E-state index in [4.69, 9.17) is 0 Å². The second-order valence-electron chi connectivity index (χ2n) is 3.34. The molecule has 0 saturated heterocycles. The van der Waals surface area contributed by atoms with Crippen molar-refractivity contribution >= 4 is 0 Å². The Balaban J connectivity index is 2.16. The molecule has 0 aliphatic heterocycles. The lowest BCUT2D eigenvalue weighted by molar-refractivity contribution is -0.0549. The highest BCUT2D eigenvalue weighted by Gasteiger charge is 2.09. The quantitative estimate of drug-likeness (QED) is 0.771. The molecule has 0 aliphatic carbocycles. The monoisotopic (exact) mass is 242 g/mol. The standard InChI is InChI=1S/C11H9F3N2O/c12-9-6-8(3-4-15-9)7-16-5-1-2-10(16)17-11(13)14/h1-6,11H,7H2. The van der Waals surface area contributed by atoms with E-state index in [2.05, 4.69) is 9.72 Å². The highest BCUT2D eigenvalue weighted by Crippen LogP contribution is 2.17. The van der Waals surface area contributed by atoms with Gasteiger partial charge in [0.2, 0.25) is 5.95 Å². The van der Waals surface area contributed by atoms with E-state index >= 15 is 0 Å². The number of alkyl halides is 2. The molecule has 0 atom stereocenters. The van der Waals surface area contributed by atoms with E-state index in [-0.39, 0.29) is 12.4 Å². The molecule has 0 aliphatic rings. The summed E-state index contributed by atoms with van der Waals surface area (Å²) in [7, 11) is 0. The molecule has 3 nitrogen and oxygen atoms in total. The number of pyridine rings is 1. The first-order chi connectivity index (χ1) is 8.15. The van der Waals surface area contributed by atoms with Crippen molar-refractivity contribution in [2.75, 3.05) is 0 Å². The molecule has 0 N–H and O–H groups in total. The van der Waals surface area contributed by atoms with Crippen molar-refractivity contribution in [3.8, 4) is 5.88 Å². The summed E-state index contributed by atoms with van der Waals surface area (Å²) < 4.78 is 42.8. The Morgan fingerprint density at radius 2 is 2.18 bits per heavy atom. The van der Waals surface area contributed by atoms with E-state index in [1.165, 1.54) is 22.9 Å². The predicted molar refractivity (Wildman–Crippen MR) is 54.4 cm³/mol. The van der Waals surface area contributed by atoms with Gasteiger partial charge in [0.25, 0.3) is 0 Å². The van der Waals surface area contributed by atoms with E-state index < -0.39 is 12.6 Å². The molecule has 0 saturated carbocycles. The molecular weight excluding hydrogens is 233 g/mol. The second kappa shape index (κ2) is 4.90. The van der Waals surface area contributed by atoms with Crippen LogP contribution in [0.4, 0.5) is 13.2 Å². The van der Waals surface area contributed by atoms with Crippen molar-refractivity contribution in [3.63, 3.8) is 0 Å². The zero-order valence-corrected chi connectivity index (χ0v) is 8.69. The van der Waals surface area contributed by atoms with Crippen LogP contribution in [0.3, 0.4) is 0 Å². The van der Waals surface area contributed by atoms with Gasteiger partial charge in [-0.05, 0) is 23.8 Å². The van der Waals surface area contributed by atoms with E-state index in [0.29, 0.717) is 5.56 Å². The van der Waals surface area contributed by atoms with Crippen LogP contribution in [-0.4, -0.2) is 16.2 Å². The van der Waals surface area contributed by atoms with Crippen LogP contribution in [0.25, 0.3) is 0 Å². The first-order valence-corrected chi connectivity index (χ1v) is 4.85. The topological polar surface area (TPSA) is 27.1 Å². The van der Waals surface area contributed by atoms with Gasteiger partial charge in [0.1, 0.15) is 0 Å². The first-order valence-electron chi connectivity index (χ1n) is 4.85. The number of halogens is 3. The number of rotatable bonds is 4. The van der Waals surface area contributed by atoms with Crippen LogP contribution in [0.15, 0.2) is 36.7 Å². The molecule has 0 fully saturated rings. The Morgan fingerprint density at radius 1 is 1.35 bits per heavy atom. The van der Waals surface area contributed by atoms with Gasteiger partial charge in [0.15, 0.2) is 5.88 Å². The van der Waals surface area contributed by atoms with Crippen molar-refractivity contribution in [2.45, 2.75) is 13.2 Å². The molecular formula is C11H9F3N2O. The van der Waals surface area contributed by atoms with Crippen molar-refractivity contribution in [3.05, 3.63) is 48.2 Å². The molecule has 6 heteroatoms. The Kier molecular flexibility index (Phi) is 3.32. The Morgan fingerprint density at radius 3 is 2.88 bits per heavy atom. The molecule has 0 unspecified atom stereocenters. The zero-order chi connectivity index (χ0) is 12.3. The minimum absolute atomic E-state index is 0.0391.